The van der Waals surface area contributed by atoms with Gasteiger partial charge in [-0.25, -0.2) is 0 Å². The molecule has 0 aliphatic carbocycles. The quantitative estimate of drug-likeness (QED) is 0.459. The number of benzene rings is 2. The summed E-state index contributed by atoms with van der Waals surface area (Å²) in [7, 11) is 0. The Bertz CT molecular complexity index is 940. The van der Waals surface area contributed by atoms with E-state index < -0.39 is 23.6 Å². The number of hydrogen-bond donors (Lipinski definition) is 3. The van der Waals surface area contributed by atoms with Gasteiger partial charge in [-0.05, 0) is 51.1 Å². The molecule has 0 fully saturated rings. The number of hydrogen-bond acceptors (Lipinski definition) is 6. The average molecular weight is 469 g/mol. The Hall–Kier alpha value is -3.63. The number of amides is 2. The minimum absolute atomic E-state index is 0.112. The molecule has 0 saturated carbocycles. The number of hydrazine groups is 1. The molecule has 2 aromatic rings. The van der Waals surface area contributed by atoms with Crippen LogP contribution in [0.4, 0.5) is 18.9 Å². The minimum Gasteiger partial charge on any atom is -0.490 e. The van der Waals surface area contributed by atoms with Gasteiger partial charge in [-0.1, -0.05) is 6.07 Å². The summed E-state index contributed by atoms with van der Waals surface area (Å²) in [5.74, 6) is -0.317. The Morgan fingerprint density at radius 3 is 2.03 bits per heavy atom. The molecule has 11 heteroatoms. The summed E-state index contributed by atoms with van der Waals surface area (Å²) >= 11 is 0. The smallest absolute Gasteiger partial charge is 0.416 e. The van der Waals surface area contributed by atoms with E-state index in [1.54, 1.807) is 20.8 Å². The van der Waals surface area contributed by atoms with Crippen LogP contribution in [0.2, 0.25) is 0 Å². The van der Waals surface area contributed by atoms with Gasteiger partial charge >= 0.3 is 6.18 Å². The maximum atomic E-state index is 12.8. The number of anilines is 1. The molecule has 0 saturated heterocycles. The van der Waals surface area contributed by atoms with Crippen LogP contribution >= 0.6 is 0 Å². The molecule has 0 aliphatic heterocycles. The molecule has 2 rings (SSSR count). The third-order valence-electron chi connectivity index (χ3n) is 4.13. The van der Waals surface area contributed by atoms with Crippen LogP contribution in [0.3, 0.4) is 0 Å². The van der Waals surface area contributed by atoms with Crippen LogP contribution in [0.1, 0.15) is 36.7 Å². The molecule has 0 radical (unpaired) electrons. The summed E-state index contributed by atoms with van der Waals surface area (Å²) in [5.41, 5.74) is 3.87. The van der Waals surface area contributed by atoms with E-state index >= 15 is 0 Å². The number of ether oxygens (including phenoxy) is 3. The summed E-state index contributed by atoms with van der Waals surface area (Å²) in [6.07, 6.45) is -4.49. The highest BCUT2D eigenvalue weighted by molar-refractivity contribution is 5.97. The molecule has 33 heavy (non-hydrogen) atoms. The highest BCUT2D eigenvalue weighted by atomic mass is 19.4. The van der Waals surface area contributed by atoms with Crippen molar-refractivity contribution in [3.05, 3.63) is 47.5 Å². The normalized spacial score (nSPS) is 10.8. The molecule has 0 spiro atoms. The molecular weight excluding hydrogens is 443 g/mol. The molecule has 180 valence electrons. The van der Waals surface area contributed by atoms with Gasteiger partial charge in [0.15, 0.2) is 11.5 Å². The number of halogens is 3. The lowest BCUT2D eigenvalue weighted by atomic mass is 10.1. The fraction of sp³-hybridized carbons (Fsp3) is 0.364. The van der Waals surface area contributed by atoms with Crippen molar-refractivity contribution in [2.45, 2.75) is 26.9 Å². The molecule has 0 unspecified atom stereocenters. The van der Waals surface area contributed by atoms with Crippen LogP contribution in [-0.4, -0.2) is 38.2 Å². The van der Waals surface area contributed by atoms with Crippen molar-refractivity contribution in [3.8, 4) is 17.2 Å². The number of carbonyl (C=O) groups is 2. The summed E-state index contributed by atoms with van der Waals surface area (Å²) in [4.78, 5) is 24.6. The van der Waals surface area contributed by atoms with Crippen molar-refractivity contribution >= 4 is 17.5 Å². The van der Waals surface area contributed by atoms with Crippen LogP contribution in [0.25, 0.3) is 0 Å². The molecule has 2 amide bonds. The first-order valence-electron chi connectivity index (χ1n) is 10.3. The highest BCUT2D eigenvalue weighted by Crippen LogP contribution is 2.39. The van der Waals surface area contributed by atoms with Crippen LogP contribution < -0.4 is 30.4 Å². The van der Waals surface area contributed by atoms with Gasteiger partial charge in [-0.2, -0.15) is 13.2 Å². The molecule has 0 aliphatic rings. The van der Waals surface area contributed by atoms with Gasteiger partial charge in [0.05, 0.1) is 31.9 Å². The molecule has 0 heterocycles. The first-order valence-corrected chi connectivity index (χ1v) is 10.3. The highest BCUT2D eigenvalue weighted by Gasteiger charge is 2.30. The molecule has 0 aromatic heterocycles. The second-order valence-corrected chi connectivity index (χ2v) is 6.54. The van der Waals surface area contributed by atoms with E-state index in [0.717, 1.165) is 12.1 Å². The lowest BCUT2D eigenvalue weighted by Crippen LogP contribution is -2.44. The summed E-state index contributed by atoms with van der Waals surface area (Å²) in [6.45, 7) is 6.01. The van der Waals surface area contributed by atoms with Gasteiger partial charge in [0.25, 0.3) is 11.8 Å². The Kier molecular flexibility index (Phi) is 9.19. The van der Waals surface area contributed by atoms with Crippen molar-refractivity contribution in [2.24, 2.45) is 0 Å². The largest absolute Gasteiger partial charge is 0.490 e. The molecular formula is C22H26F3N3O5. The molecule has 0 atom stereocenters. The van der Waals surface area contributed by atoms with Crippen LogP contribution in [0.15, 0.2) is 36.4 Å². The van der Waals surface area contributed by atoms with E-state index in [2.05, 4.69) is 16.2 Å². The third-order valence-corrected chi connectivity index (χ3v) is 4.13. The van der Waals surface area contributed by atoms with Gasteiger partial charge in [0, 0.05) is 11.3 Å². The van der Waals surface area contributed by atoms with E-state index in [1.807, 2.05) is 0 Å². The zero-order chi connectivity index (χ0) is 24.4. The predicted octanol–water partition coefficient (Wildman–Crippen LogP) is 3.77. The summed E-state index contributed by atoms with van der Waals surface area (Å²) < 4.78 is 55.0. The summed E-state index contributed by atoms with van der Waals surface area (Å²) in [5, 5.41) is 2.57. The standard InChI is InChI=1S/C22H26F3N3O5/c1-4-31-17-10-14(11-18(32-5-2)20(17)33-6-3)21(30)28-27-19(29)13-26-16-9-7-8-15(12-16)22(23,24)25/h7-12,26H,4-6,13H2,1-3H3,(H,27,29)(H,28,30). The number of nitrogens with one attached hydrogen (secondary N) is 3. The Balaban J connectivity index is 2.02. The van der Waals surface area contributed by atoms with E-state index in [9.17, 15) is 22.8 Å². The fourth-order valence-electron chi connectivity index (χ4n) is 2.75. The Morgan fingerprint density at radius 1 is 0.879 bits per heavy atom. The predicted molar refractivity (Wildman–Crippen MR) is 115 cm³/mol. The zero-order valence-electron chi connectivity index (χ0n) is 18.5. The molecule has 8 nitrogen and oxygen atoms in total. The van der Waals surface area contributed by atoms with Crippen molar-refractivity contribution in [3.63, 3.8) is 0 Å². The lowest BCUT2D eigenvalue weighted by Gasteiger charge is -2.17. The van der Waals surface area contributed by atoms with Crippen molar-refractivity contribution < 1.29 is 37.0 Å². The van der Waals surface area contributed by atoms with Gasteiger partial charge in [-0.15, -0.1) is 0 Å². The Labute approximate surface area is 189 Å². The van der Waals surface area contributed by atoms with Crippen LogP contribution in [0, 0.1) is 0 Å². The van der Waals surface area contributed by atoms with Crippen LogP contribution in [0.5, 0.6) is 17.2 Å². The second kappa shape index (κ2) is 11.8. The third kappa shape index (κ3) is 7.48. The van der Waals surface area contributed by atoms with Crippen molar-refractivity contribution in [1.29, 1.82) is 0 Å². The Morgan fingerprint density at radius 2 is 1.48 bits per heavy atom. The van der Waals surface area contributed by atoms with E-state index in [1.165, 1.54) is 24.3 Å². The van der Waals surface area contributed by atoms with Crippen molar-refractivity contribution in [2.75, 3.05) is 31.7 Å². The maximum absolute atomic E-state index is 12.8. The van der Waals surface area contributed by atoms with E-state index in [-0.39, 0.29) is 17.8 Å². The number of rotatable bonds is 10. The SMILES string of the molecule is CCOc1cc(C(=O)NNC(=O)CNc2cccc(C(F)(F)F)c2)cc(OCC)c1OCC. The zero-order valence-corrected chi connectivity index (χ0v) is 18.5. The van der Waals surface area contributed by atoms with Gasteiger partial charge < -0.3 is 19.5 Å². The average Bonchev–Trinajstić information content (AvgIpc) is 2.78. The monoisotopic (exact) mass is 469 g/mol. The molecule has 0 bridgehead atoms. The fourth-order valence-corrected chi connectivity index (χ4v) is 2.75. The number of carbonyl (C=O) groups excluding carboxylic acids is 2. The molecule has 3 N–H and O–H groups in total. The van der Waals surface area contributed by atoms with E-state index in [0.29, 0.717) is 37.1 Å². The topological polar surface area (TPSA) is 97.9 Å². The first-order chi connectivity index (χ1) is 15.7. The molecule has 2 aromatic carbocycles. The van der Waals surface area contributed by atoms with Crippen LogP contribution in [-0.2, 0) is 11.0 Å². The van der Waals surface area contributed by atoms with Gasteiger partial charge in [0.2, 0.25) is 5.75 Å². The van der Waals surface area contributed by atoms with E-state index in [4.69, 9.17) is 14.2 Å². The van der Waals surface area contributed by atoms with Gasteiger partial charge in [-0.3, -0.25) is 20.4 Å². The maximum Gasteiger partial charge on any atom is 0.416 e. The second-order valence-electron chi connectivity index (χ2n) is 6.54. The van der Waals surface area contributed by atoms with Crippen molar-refractivity contribution in [1.82, 2.24) is 10.9 Å². The van der Waals surface area contributed by atoms with Gasteiger partial charge in [0.1, 0.15) is 0 Å². The first kappa shape index (κ1) is 25.6. The lowest BCUT2D eigenvalue weighted by molar-refractivity contribution is -0.137. The number of alkyl halides is 3. The summed E-state index contributed by atoms with van der Waals surface area (Å²) in [6, 6.07) is 7.35. The minimum atomic E-state index is -4.49.